The Kier molecular flexibility index (Phi) is 3.59. The highest BCUT2D eigenvalue weighted by Crippen LogP contribution is 2.30. The molecule has 7 heteroatoms. The molecule has 0 aliphatic rings. The molecule has 0 aliphatic carbocycles. The van der Waals surface area contributed by atoms with Crippen molar-refractivity contribution >= 4 is 34.1 Å². The van der Waals surface area contributed by atoms with Crippen molar-refractivity contribution in [2.45, 2.75) is 0 Å². The Hall–Kier alpha value is -2.99. The lowest BCUT2D eigenvalue weighted by atomic mass is 10.1. The van der Waals surface area contributed by atoms with Crippen molar-refractivity contribution in [1.29, 1.82) is 0 Å². The van der Waals surface area contributed by atoms with Crippen LogP contribution in [-0.4, -0.2) is 24.7 Å². The minimum absolute atomic E-state index is 0.446. The molecule has 24 heavy (non-hydrogen) atoms. The van der Waals surface area contributed by atoms with E-state index in [4.69, 9.17) is 11.6 Å². The number of anilines is 2. The van der Waals surface area contributed by atoms with Gasteiger partial charge in [0.15, 0.2) is 5.82 Å². The summed E-state index contributed by atoms with van der Waals surface area (Å²) in [5, 5.41) is 8.21. The number of nitrogens with zero attached hydrogens (tertiary/aromatic N) is 5. The molecule has 0 saturated heterocycles. The Labute approximate surface area is 143 Å². The first-order chi connectivity index (χ1) is 11.7. The molecule has 0 aromatic carbocycles. The van der Waals surface area contributed by atoms with Gasteiger partial charge in [-0.25, -0.2) is 4.98 Å². The first kappa shape index (κ1) is 14.6. The number of aryl methyl sites for hydroxylation is 1. The zero-order valence-corrected chi connectivity index (χ0v) is 13.6. The van der Waals surface area contributed by atoms with E-state index in [2.05, 4.69) is 25.4 Å². The van der Waals surface area contributed by atoms with Gasteiger partial charge < -0.3 is 5.32 Å². The SMILES string of the molecule is Cn1cc(-c2cnc3ccc(Cl)nc3c2)c(Nc2cccnc2)n1. The third-order valence-corrected chi connectivity index (χ3v) is 3.78. The van der Waals surface area contributed by atoms with Gasteiger partial charge in [0.25, 0.3) is 0 Å². The van der Waals surface area contributed by atoms with Gasteiger partial charge in [0.1, 0.15) is 5.15 Å². The molecular formula is C17H13ClN6. The van der Waals surface area contributed by atoms with Gasteiger partial charge in [0.05, 0.1) is 22.9 Å². The van der Waals surface area contributed by atoms with E-state index in [0.29, 0.717) is 5.15 Å². The number of fused-ring (bicyclic) bond motifs is 1. The van der Waals surface area contributed by atoms with E-state index in [1.165, 1.54) is 0 Å². The average molecular weight is 337 g/mol. The van der Waals surface area contributed by atoms with Crippen LogP contribution in [0.15, 0.2) is 55.1 Å². The Bertz CT molecular complexity index is 1010. The van der Waals surface area contributed by atoms with Crippen LogP contribution < -0.4 is 5.32 Å². The molecule has 0 atom stereocenters. The summed E-state index contributed by atoms with van der Waals surface area (Å²) in [6.45, 7) is 0. The van der Waals surface area contributed by atoms with Gasteiger partial charge in [-0.2, -0.15) is 5.10 Å². The highest BCUT2D eigenvalue weighted by Gasteiger charge is 2.12. The largest absolute Gasteiger partial charge is 0.337 e. The molecule has 1 N–H and O–H groups in total. The first-order valence-electron chi connectivity index (χ1n) is 7.32. The summed E-state index contributed by atoms with van der Waals surface area (Å²) < 4.78 is 1.75. The Morgan fingerprint density at radius 2 is 2.04 bits per heavy atom. The van der Waals surface area contributed by atoms with Gasteiger partial charge in [-0.05, 0) is 30.3 Å². The first-order valence-corrected chi connectivity index (χ1v) is 7.70. The molecule has 0 saturated carbocycles. The van der Waals surface area contributed by atoms with Crippen LogP contribution in [0.25, 0.3) is 22.2 Å². The summed E-state index contributed by atoms with van der Waals surface area (Å²) in [5.41, 5.74) is 4.26. The molecule has 0 fully saturated rings. The number of nitrogens with one attached hydrogen (secondary N) is 1. The summed E-state index contributed by atoms with van der Waals surface area (Å²) >= 11 is 5.99. The number of pyridine rings is 3. The maximum absolute atomic E-state index is 5.99. The fourth-order valence-corrected chi connectivity index (χ4v) is 2.65. The lowest BCUT2D eigenvalue weighted by molar-refractivity contribution is 0.771. The highest BCUT2D eigenvalue weighted by molar-refractivity contribution is 6.29. The van der Waals surface area contributed by atoms with Gasteiger partial charge in [0, 0.05) is 36.8 Å². The number of halogens is 1. The quantitative estimate of drug-likeness (QED) is 0.576. The molecule has 0 radical (unpaired) electrons. The molecule has 0 spiro atoms. The zero-order valence-electron chi connectivity index (χ0n) is 12.8. The van der Waals surface area contributed by atoms with Crippen LogP contribution in [-0.2, 0) is 7.05 Å². The maximum atomic E-state index is 5.99. The number of aromatic nitrogens is 5. The van der Waals surface area contributed by atoms with Crippen molar-refractivity contribution in [3.8, 4) is 11.1 Å². The van der Waals surface area contributed by atoms with Crippen molar-refractivity contribution < 1.29 is 0 Å². The van der Waals surface area contributed by atoms with Gasteiger partial charge in [-0.15, -0.1) is 0 Å². The number of hydrogen-bond donors (Lipinski definition) is 1. The monoisotopic (exact) mass is 336 g/mol. The standard InChI is InChI=1S/C17H13ClN6/c1-24-10-13(17(23-24)21-12-3-2-6-19-9-12)11-7-15-14(20-8-11)4-5-16(18)22-15/h2-10H,1H3,(H,21,23). The molecular weight excluding hydrogens is 324 g/mol. The average Bonchev–Trinajstić information content (AvgIpc) is 2.95. The van der Waals surface area contributed by atoms with E-state index in [1.807, 2.05) is 43.7 Å². The fourth-order valence-electron chi connectivity index (χ4n) is 2.49. The lowest BCUT2D eigenvalue weighted by Gasteiger charge is -2.06. The zero-order chi connectivity index (χ0) is 16.5. The molecule has 6 nitrogen and oxygen atoms in total. The normalized spacial score (nSPS) is 10.9. The highest BCUT2D eigenvalue weighted by atomic mass is 35.5. The van der Waals surface area contributed by atoms with Crippen LogP contribution >= 0.6 is 11.6 Å². The third kappa shape index (κ3) is 2.79. The van der Waals surface area contributed by atoms with Gasteiger partial charge in [-0.1, -0.05) is 11.6 Å². The molecule has 0 bridgehead atoms. The van der Waals surface area contributed by atoms with Crippen LogP contribution in [0.3, 0.4) is 0 Å². The summed E-state index contributed by atoms with van der Waals surface area (Å²) in [6.07, 6.45) is 7.22. The van der Waals surface area contributed by atoms with E-state index >= 15 is 0 Å². The van der Waals surface area contributed by atoms with E-state index in [-0.39, 0.29) is 0 Å². The molecule has 0 amide bonds. The fraction of sp³-hybridized carbons (Fsp3) is 0.0588. The summed E-state index contributed by atoms with van der Waals surface area (Å²) in [4.78, 5) is 12.9. The predicted molar refractivity (Wildman–Crippen MR) is 94.3 cm³/mol. The van der Waals surface area contributed by atoms with E-state index in [0.717, 1.165) is 33.7 Å². The molecule has 0 aliphatic heterocycles. The van der Waals surface area contributed by atoms with Crippen molar-refractivity contribution in [1.82, 2.24) is 24.7 Å². The van der Waals surface area contributed by atoms with Crippen molar-refractivity contribution in [3.05, 3.63) is 60.3 Å². The van der Waals surface area contributed by atoms with Crippen LogP contribution in [0.4, 0.5) is 11.5 Å². The van der Waals surface area contributed by atoms with Crippen LogP contribution in [0, 0.1) is 0 Å². The third-order valence-electron chi connectivity index (χ3n) is 3.57. The molecule has 4 heterocycles. The smallest absolute Gasteiger partial charge is 0.160 e. The Morgan fingerprint density at radius 3 is 2.88 bits per heavy atom. The summed E-state index contributed by atoms with van der Waals surface area (Å²) in [6, 6.07) is 9.35. The van der Waals surface area contributed by atoms with Crippen molar-refractivity contribution in [3.63, 3.8) is 0 Å². The second kappa shape index (κ2) is 5.90. The van der Waals surface area contributed by atoms with Gasteiger partial charge >= 0.3 is 0 Å². The molecule has 4 aromatic rings. The van der Waals surface area contributed by atoms with Gasteiger partial charge in [0.2, 0.25) is 0 Å². The minimum atomic E-state index is 0.446. The second-order valence-electron chi connectivity index (χ2n) is 5.33. The van der Waals surface area contributed by atoms with E-state index < -0.39 is 0 Å². The molecule has 4 rings (SSSR count). The maximum Gasteiger partial charge on any atom is 0.160 e. The van der Waals surface area contributed by atoms with Crippen LogP contribution in [0.5, 0.6) is 0 Å². The lowest BCUT2D eigenvalue weighted by Crippen LogP contribution is -1.95. The molecule has 118 valence electrons. The predicted octanol–water partition coefficient (Wildman–Crippen LogP) is 3.82. The summed E-state index contributed by atoms with van der Waals surface area (Å²) in [7, 11) is 1.88. The van der Waals surface area contributed by atoms with Gasteiger partial charge in [-0.3, -0.25) is 14.6 Å². The van der Waals surface area contributed by atoms with E-state index in [9.17, 15) is 0 Å². The number of hydrogen-bond acceptors (Lipinski definition) is 5. The van der Waals surface area contributed by atoms with Crippen molar-refractivity contribution in [2.75, 3.05) is 5.32 Å². The number of rotatable bonds is 3. The van der Waals surface area contributed by atoms with Crippen LogP contribution in [0.1, 0.15) is 0 Å². The Morgan fingerprint density at radius 1 is 1.12 bits per heavy atom. The van der Waals surface area contributed by atoms with Crippen molar-refractivity contribution in [2.24, 2.45) is 7.05 Å². The summed E-state index contributed by atoms with van der Waals surface area (Å²) in [5.74, 6) is 0.730. The molecule has 4 aromatic heterocycles. The second-order valence-corrected chi connectivity index (χ2v) is 5.72. The molecule has 0 unspecified atom stereocenters. The topological polar surface area (TPSA) is 68.5 Å². The Balaban J connectivity index is 1.79. The van der Waals surface area contributed by atoms with E-state index in [1.54, 1.807) is 23.1 Å². The minimum Gasteiger partial charge on any atom is -0.337 e. The van der Waals surface area contributed by atoms with Crippen LogP contribution in [0.2, 0.25) is 5.15 Å².